The molecule has 2 fully saturated rings. The number of amides is 3. The molecular weight excluding hydrogens is 322 g/mol. The van der Waals surface area contributed by atoms with Crippen molar-refractivity contribution in [1.29, 1.82) is 0 Å². The van der Waals surface area contributed by atoms with E-state index in [0.717, 1.165) is 32.4 Å². The summed E-state index contributed by atoms with van der Waals surface area (Å²) < 4.78 is 7.29. The lowest BCUT2D eigenvalue weighted by molar-refractivity contribution is -0.141. The molecule has 0 unspecified atom stereocenters. The summed E-state index contributed by atoms with van der Waals surface area (Å²) in [6, 6.07) is -0.0647. The van der Waals surface area contributed by atoms with Gasteiger partial charge in [0.05, 0.1) is 25.5 Å². The highest BCUT2D eigenvalue weighted by Crippen LogP contribution is 2.19. The van der Waals surface area contributed by atoms with Crippen molar-refractivity contribution in [2.24, 2.45) is 5.92 Å². The first kappa shape index (κ1) is 17.7. The van der Waals surface area contributed by atoms with Crippen LogP contribution in [0.5, 0.6) is 0 Å². The molecule has 8 nitrogen and oxygen atoms in total. The summed E-state index contributed by atoms with van der Waals surface area (Å²) >= 11 is 0. The summed E-state index contributed by atoms with van der Waals surface area (Å²) in [6.45, 7) is 5.24. The van der Waals surface area contributed by atoms with Crippen molar-refractivity contribution in [2.45, 2.75) is 25.8 Å². The highest BCUT2D eigenvalue weighted by atomic mass is 16.5. The number of aromatic nitrogens is 2. The Kier molecular flexibility index (Phi) is 6.27. The maximum Gasteiger partial charge on any atom is 0.317 e. The van der Waals surface area contributed by atoms with Gasteiger partial charge in [-0.2, -0.15) is 0 Å². The third-order valence-corrected chi connectivity index (χ3v) is 4.81. The summed E-state index contributed by atoms with van der Waals surface area (Å²) in [5, 5.41) is 2.96. The van der Waals surface area contributed by atoms with Gasteiger partial charge in [0.1, 0.15) is 0 Å². The molecule has 0 aromatic carbocycles. The summed E-state index contributed by atoms with van der Waals surface area (Å²) in [7, 11) is 0. The van der Waals surface area contributed by atoms with E-state index in [9.17, 15) is 9.59 Å². The largest absolute Gasteiger partial charge is 0.378 e. The van der Waals surface area contributed by atoms with E-state index in [1.54, 1.807) is 17.4 Å². The number of ether oxygens (including phenoxy) is 1. The number of rotatable bonds is 5. The topological polar surface area (TPSA) is 79.7 Å². The third-order valence-electron chi connectivity index (χ3n) is 4.81. The number of likely N-dealkylation sites (tertiary alicyclic amines) is 1. The molecule has 138 valence electrons. The van der Waals surface area contributed by atoms with E-state index in [-0.39, 0.29) is 17.9 Å². The van der Waals surface area contributed by atoms with Crippen molar-refractivity contribution in [1.82, 2.24) is 24.7 Å². The Balaban J connectivity index is 1.40. The lowest BCUT2D eigenvalue weighted by atomic mass is 9.96. The van der Waals surface area contributed by atoms with Crippen molar-refractivity contribution in [3.8, 4) is 0 Å². The van der Waals surface area contributed by atoms with Gasteiger partial charge in [-0.1, -0.05) is 0 Å². The van der Waals surface area contributed by atoms with Crippen molar-refractivity contribution >= 4 is 11.9 Å². The quantitative estimate of drug-likeness (QED) is 0.788. The van der Waals surface area contributed by atoms with E-state index in [2.05, 4.69) is 10.3 Å². The van der Waals surface area contributed by atoms with Crippen molar-refractivity contribution < 1.29 is 14.3 Å². The normalized spacial score (nSPS) is 21.2. The number of hydrogen-bond donors (Lipinski definition) is 1. The Morgan fingerprint density at radius 3 is 2.80 bits per heavy atom. The molecule has 3 amide bonds. The zero-order chi connectivity index (χ0) is 17.5. The highest BCUT2D eigenvalue weighted by Gasteiger charge is 2.31. The van der Waals surface area contributed by atoms with Gasteiger partial charge in [-0.25, -0.2) is 9.78 Å². The van der Waals surface area contributed by atoms with Crippen LogP contribution in [0, 0.1) is 5.92 Å². The molecule has 0 bridgehead atoms. The number of morpholine rings is 1. The molecule has 1 aromatic rings. The van der Waals surface area contributed by atoms with E-state index < -0.39 is 0 Å². The maximum absolute atomic E-state index is 12.6. The van der Waals surface area contributed by atoms with Crippen LogP contribution < -0.4 is 5.32 Å². The van der Waals surface area contributed by atoms with Crippen LogP contribution in [0.15, 0.2) is 18.7 Å². The van der Waals surface area contributed by atoms with Crippen LogP contribution in [0.1, 0.15) is 19.3 Å². The lowest BCUT2D eigenvalue weighted by Crippen LogP contribution is -2.51. The first-order valence-electron chi connectivity index (χ1n) is 9.09. The Labute approximate surface area is 148 Å². The minimum Gasteiger partial charge on any atom is -0.378 e. The summed E-state index contributed by atoms with van der Waals surface area (Å²) in [6.07, 6.45) is 8.02. The van der Waals surface area contributed by atoms with Crippen LogP contribution >= 0.6 is 0 Å². The fourth-order valence-electron chi connectivity index (χ4n) is 3.39. The monoisotopic (exact) mass is 349 g/mol. The van der Waals surface area contributed by atoms with E-state index in [0.29, 0.717) is 39.4 Å². The van der Waals surface area contributed by atoms with Crippen LogP contribution in [0.2, 0.25) is 0 Å². The number of carbonyl (C=O) groups is 2. The molecule has 1 atom stereocenters. The number of imidazole rings is 1. The fraction of sp³-hybridized carbons (Fsp3) is 0.706. The molecule has 25 heavy (non-hydrogen) atoms. The summed E-state index contributed by atoms with van der Waals surface area (Å²) in [5.74, 6) is 0.0875. The number of aryl methyl sites for hydroxylation is 1. The van der Waals surface area contributed by atoms with Gasteiger partial charge < -0.3 is 24.4 Å². The zero-order valence-corrected chi connectivity index (χ0v) is 14.6. The van der Waals surface area contributed by atoms with Crippen LogP contribution in [0.3, 0.4) is 0 Å². The molecule has 2 aliphatic heterocycles. The highest BCUT2D eigenvalue weighted by molar-refractivity contribution is 5.81. The minimum absolute atomic E-state index is 0.0647. The second kappa shape index (κ2) is 8.84. The zero-order valence-electron chi connectivity index (χ0n) is 14.6. The van der Waals surface area contributed by atoms with Gasteiger partial charge in [0.2, 0.25) is 5.91 Å². The molecule has 2 aliphatic rings. The van der Waals surface area contributed by atoms with Crippen LogP contribution in [0.4, 0.5) is 4.79 Å². The van der Waals surface area contributed by atoms with Crippen molar-refractivity contribution in [3.63, 3.8) is 0 Å². The van der Waals surface area contributed by atoms with E-state index in [1.807, 2.05) is 15.7 Å². The van der Waals surface area contributed by atoms with Gasteiger partial charge >= 0.3 is 6.03 Å². The molecule has 1 N–H and O–H groups in total. The van der Waals surface area contributed by atoms with Crippen molar-refractivity contribution in [2.75, 3.05) is 45.9 Å². The molecule has 0 aliphatic carbocycles. The summed E-state index contributed by atoms with van der Waals surface area (Å²) in [4.78, 5) is 32.6. The average molecular weight is 349 g/mol. The molecule has 8 heteroatoms. The minimum atomic E-state index is -0.0800. The summed E-state index contributed by atoms with van der Waals surface area (Å²) in [5.41, 5.74) is 0. The van der Waals surface area contributed by atoms with Gasteiger partial charge in [-0.15, -0.1) is 0 Å². The average Bonchev–Trinajstić information content (AvgIpc) is 3.19. The molecule has 3 heterocycles. The number of piperidine rings is 1. The van der Waals surface area contributed by atoms with Crippen LogP contribution in [0.25, 0.3) is 0 Å². The van der Waals surface area contributed by atoms with E-state index in [4.69, 9.17) is 4.74 Å². The van der Waals surface area contributed by atoms with Gasteiger partial charge in [0.25, 0.3) is 0 Å². The van der Waals surface area contributed by atoms with Gasteiger partial charge in [0, 0.05) is 51.7 Å². The fourth-order valence-corrected chi connectivity index (χ4v) is 3.39. The Bertz CT molecular complexity index is 557. The Hall–Kier alpha value is -2.09. The molecule has 0 spiro atoms. The molecule has 2 saturated heterocycles. The predicted octanol–water partition coefficient (Wildman–Crippen LogP) is 0.554. The SMILES string of the molecule is O=C(NCCCn1ccnc1)N1CCC[C@H](C(=O)N2CCOCC2)C1. The number of carbonyl (C=O) groups excluding carboxylic acids is 2. The molecule has 0 radical (unpaired) electrons. The van der Waals surface area contributed by atoms with Gasteiger partial charge in [-0.3, -0.25) is 4.79 Å². The van der Waals surface area contributed by atoms with E-state index >= 15 is 0 Å². The number of nitrogens with zero attached hydrogens (tertiary/aromatic N) is 4. The predicted molar refractivity (Wildman–Crippen MR) is 91.9 cm³/mol. The first-order chi connectivity index (χ1) is 12.2. The molecule has 0 saturated carbocycles. The maximum atomic E-state index is 12.6. The van der Waals surface area contributed by atoms with Crippen LogP contribution in [-0.4, -0.2) is 77.2 Å². The second-order valence-corrected chi connectivity index (χ2v) is 6.61. The van der Waals surface area contributed by atoms with Gasteiger partial charge in [0.15, 0.2) is 0 Å². The Morgan fingerprint density at radius 2 is 2.04 bits per heavy atom. The van der Waals surface area contributed by atoms with Crippen LogP contribution in [-0.2, 0) is 16.1 Å². The standard InChI is InChI=1S/C17H27N5O3/c23-16(21-9-11-25-12-10-21)15-3-1-7-22(13-15)17(24)19-4-2-6-20-8-5-18-14-20/h5,8,14-15H,1-4,6-7,9-13H2,(H,19,24)/t15-/m0/s1. The van der Waals surface area contributed by atoms with Gasteiger partial charge in [-0.05, 0) is 19.3 Å². The Morgan fingerprint density at radius 1 is 1.20 bits per heavy atom. The second-order valence-electron chi connectivity index (χ2n) is 6.61. The first-order valence-corrected chi connectivity index (χ1v) is 9.09. The number of nitrogens with one attached hydrogen (secondary N) is 1. The van der Waals surface area contributed by atoms with E-state index in [1.165, 1.54) is 0 Å². The third kappa shape index (κ3) is 4.94. The number of hydrogen-bond acceptors (Lipinski definition) is 4. The molecule has 1 aromatic heterocycles. The van der Waals surface area contributed by atoms with Crippen molar-refractivity contribution in [3.05, 3.63) is 18.7 Å². The molecule has 3 rings (SSSR count). The molecular formula is C17H27N5O3. The lowest BCUT2D eigenvalue weighted by Gasteiger charge is -2.36. The number of urea groups is 1. The smallest absolute Gasteiger partial charge is 0.317 e.